The zero-order valence-electron chi connectivity index (χ0n) is 18.0. The highest BCUT2D eigenvalue weighted by molar-refractivity contribution is 6.31. The molecule has 33 heavy (non-hydrogen) atoms. The molecule has 0 saturated carbocycles. The van der Waals surface area contributed by atoms with Crippen LogP contribution in [0.3, 0.4) is 0 Å². The van der Waals surface area contributed by atoms with E-state index in [-0.39, 0.29) is 11.7 Å². The normalized spacial score (nSPS) is 11.1. The van der Waals surface area contributed by atoms with Gasteiger partial charge >= 0.3 is 0 Å². The quantitative estimate of drug-likeness (QED) is 0.270. The molecular formula is C26H24Cl2FN3O. The van der Waals surface area contributed by atoms with Gasteiger partial charge in [0, 0.05) is 34.1 Å². The molecule has 0 aliphatic rings. The summed E-state index contributed by atoms with van der Waals surface area (Å²) < 4.78 is 16.5. The lowest BCUT2D eigenvalue weighted by atomic mass is 10.1. The van der Waals surface area contributed by atoms with Crippen molar-refractivity contribution in [3.63, 3.8) is 0 Å². The fraction of sp³-hybridized carbons (Fsp3) is 0.231. The molecule has 0 radical (unpaired) electrons. The minimum atomic E-state index is -0.317. The molecule has 4 aromatic rings. The molecule has 7 heteroatoms. The Labute approximate surface area is 202 Å². The number of hydrogen-bond donors (Lipinski definition) is 1. The second-order valence-corrected chi connectivity index (χ2v) is 8.72. The van der Waals surface area contributed by atoms with Crippen molar-refractivity contribution in [1.29, 1.82) is 0 Å². The maximum atomic E-state index is 14.4. The number of carbonyl (C=O) groups is 1. The molecule has 4 nitrogen and oxygen atoms in total. The van der Waals surface area contributed by atoms with Crippen molar-refractivity contribution in [1.82, 2.24) is 14.9 Å². The van der Waals surface area contributed by atoms with Crippen LogP contribution in [0.1, 0.15) is 41.0 Å². The van der Waals surface area contributed by atoms with Crippen molar-refractivity contribution < 1.29 is 9.18 Å². The summed E-state index contributed by atoms with van der Waals surface area (Å²) >= 11 is 12.1. The Balaban J connectivity index is 1.35. The van der Waals surface area contributed by atoms with Gasteiger partial charge in [-0.3, -0.25) is 4.79 Å². The molecule has 1 heterocycles. The summed E-state index contributed by atoms with van der Waals surface area (Å²) in [6.07, 6.45) is 3.46. The van der Waals surface area contributed by atoms with Gasteiger partial charge in [-0.05, 0) is 61.4 Å². The number of imidazole rings is 1. The molecule has 0 atom stereocenters. The van der Waals surface area contributed by atoms with Crippen LogP contribution in [0, 0.1) is 5.82 Å². The molecule has 170 valence electrons. The molecule has 1 N–H and O–H groups in total. The lowest BCUT2D eigenvalue weighted by molar-refractivity contribution is 0.0953. The zero-order chi connectivity index (χ0) is 23.2. The molecule has 0 aliphatic carbocycles. The van der Waals surface area contributed by atoms with Gasteiger partial charge in [-0.25, -0.2) is 9.37 Å². The molecule has 1 aromatic heterocycles. The Kier molecular flexibility index (Phi) is 7.63. The van der Waals surface area contributed by atoms with Crippen LogP contribution >= 0.6 is 23.2 Å². The molecule has 0 bridgehead atoms. The number of aryl methyl sites for hydroxylation is 1. The first-order valence-electron chi connectivity index (χ1n) is 10.9. The van der Waals surface area contributed by atoms with E-state index in [9.17, 15) is 9.18 Å². The van der Waals surface area contributed by atoms with Crippen molar-refractivity contribution >= 4 is 40.1 Å². The van der Waals surface area contributed by atoms with Crippen molar-refractivity contribution in [3.8, 4) is 0 Å². The van der Waals surface area contributed by atoms with Gasteiger partial charge in [0.05, 0.1) is 17.6 Å². The van der Waals surface area contributed by atoms with E-state index in [0.717, 1.165) is 42.5 Å². The van der Waals surface area contributed by atoms with E-state index >= 15 is 0 Å². The van der Waals surface area contributed by atoms with Gasteiger partial charge in [0.25, 0.3) is 5.91 Å². The highest BCUT2D eigenvalue weighted by Crippen LogP contribution is 2.24. The van der Waals surface area contributed by atoms with Gasteiger partial charge < -0.3 is 9.88 Å². The molecule has 1 amide bonds. The second-order valence-electron chi connectivity index (χ2n) is 7.88. The number of unbranched alkanes of at least 4 members (excludes halogenated alkanes) is 2. The van der Waals surface area contributed by atoms with Gasteiger partial charge in [-0.1, -0.05) is 47.8 Å². The van der Waals surface area contributed by atoms with Crippen LogP contribution < -0.4 is 5.32 Å². The molecule has 0 spiro atoms. The molecule has 3 aromatic carbocycles. The smallest absolute Gasteiger partial charge is 0.251 e. The number of nitrogens with zero attached hydrogens (tertiary/aromatic N) is 2. The van der Waals surface area contributed by atoms with Gasteiger partial charge in [0.15, 0.2) is 0 Å². The zero-order valence-corrected chi connectivity index (χ0v) is 19.5. The monoisotopic (exact) mass is 483 g/mol. The van der Waals surface area contributed by atoms with Crippen LogP contribution in [0.5, 0.6) is 0 Å². The molecular weight excluding hydrogens is 460 g/mol. The van der Waals surface area contributed by atoms with E-state index in [1.54, 1.807) is 36.4 Å². The lowest BCUT2D eigenvalue weighted by Crippen LogP contribution is -2.24. The predicted octanol–water partition coefficient (Wildman–Crippen LogP) is 6.67. The van der Waals surface area contributed by atoms with E-state index in [1.807, 2.05) is 28.8 Å². The van der Waals surface area contributed by atoms with Gasteiger partial charge in [0.1, 0.15) is 11.6 Å². The molecule has 0 saturated heterocycles. The summed E-state index contributed by atoms with van der Waals surface area (Å²) in [5.41, 5.74) is 2.91. The minimum Gasteiger partial charge on any atom is -0.352 e. The minimum absolute atomic E-state index is 0.102. The van der Waals surface area contributed by atoms with Crippen molar-refractivity contribution in [2.24, 2.45) is 0 Å². The van der Waals surface area contributed by atoms with E-state index < -0.39 is 0 Å². The Bertz CT molecular complexity index is 1230. The number of para-hydroxylation sites is 2. The van der Waals surface area contributed by atoms with Crippen molar-refractivity contribution in [2.45, 2.75) is 32.2 Å². The summed E-state index contributed by atoms with van der Waals surface area (Å²) in [7, 11) is 0. The Hall–Kier alpha value is -2.89. The number of fused-ring (bicyclic) bond motifs is 1. The third kappa shape index (κ3) is 5.73. The van der Waals surface area contributed by atoms with Crippen LogP contribution in [0.4, 0.5) is 4.39 Å². The number of benzene rings is 3. The van der Waals surface area contributed by atoms with Crippen LogP contribution in [-0.2, 0) is 13.0 Å². The number of hydrogen-bond acceptors (Lipinski definition) is 2. The second kappa shape index (κ2) is 10.8. The van der Waals surface area contributed by atoms with Crippen LogP contribution in [0.2, 0.25) is 10.0 Å². The third-order valence-electron chi connectivity index (χ3n) is 5.58. The average molecular weight is 484 g/mol. The van der Waals surface area contributed by atoms with E-state index in [4.69, 9.17) is 28.2 Å². The van der Waals surface area contributed by atoms with Gasteiger partial charge in [-0.15, -0.1) is 0 Å². The fourth-order valence-corrected chi connectivity index (χ4v) is 4.17. The standard InChI is InChI=1S/C26H24Cl2FN3O/c27-19-14-12-18(13-15-19)26(33)30-16-5-1-2-11-25-31-23-9-3-4-10-24(23)32(25)17-20-21(28)7-6-8-22(20)29/h3-4,6-10,12-15H,1-2,5,11,16-17H2,(H,30,33). The van der Waals surface area contributed by atoms with Crippen molar-refractivity contribution in [3.05, 3.63) is 99.5 Å². The highest BCUT2D eigenvalue weighted by atomic mass is 35.5. The van der Waals surface area contributed by atoms with Gasteiger partial charge in [0.2, 0.25) is 0 Å². The Morgan fingerprint density at radius 2 is 1.73 bits per heavy atom. The molecule has 4 rings (SSSR count). The summed E-state index contributed by atoms with van der Waals surface area (Å²) in [6.45, 7) is 0.932. The summed E-state index contributed by atoms with van der Waals surface area (Å²) in [4.78, 5) is 17.0. The summed E-state index contributed by atoms with van der Waals surface area (Å²) in [5, 5.41) is 3.95. The summed E-state index contributed by atoms with van der Waals surface area (Å²) in [6, 6.07) is 19.4. The van der Waals surface area contributed by atoms with E-state index in [1.165, 1.54) is 6.07 Å². The maximum absolute atomic E-state index is 14.4. The fourth-order valence-electron chi connectivity index (χ4n) is 3.82. The third-order valence-corrected chi connectivity index (χ3v) is 6.19. The predicted molar refractivity (Wildman–Crippen MR) is 132 cm³/mol. The SMILES string of the molecule is O=C(NCCCCCc1nc2ccccc2n1Cc1c(F)cccc1Cl)c1ccc(Cl)cc1. The largest absolute Gasteiger partial charge is 0.352 e. The van der Waals surface area contributed by atoms with Crippen LogP contribution in [-0.4, -0.2) is 22.0 Å². The number of amides is 1. The Morgan fingerprint density at radius 3 is 2.52 bits per heavy atom. The van der Waals surface area contributed by atoms with E-state index in [2.05, 4.69) is 5.32 Å². The molecule has 0 aliphatic heterocycles. The highest BCUT2D eigenvalue weighted by Gasteiger charge is 2.14. The van der Waals surface area contributed by atoms with Crippen LogP contribution in [0.25, 0.3) is 11.0 Å². The maximum Gasteiger partial charge on any atom is 0.251 e. The number of carbonyl (C=O) groups excluding carboxylic acids is 1. The Morgan fingerprint density at radius 1 is 0.939 bits per heavy atom. The molecule has 0 unspecified atom stereocenters. The van der Waals surface area contributed by atoms with Gasteiger partial charge in [-0.2, -0.15) is 0 Å². The number of rotatable bonds is 9. The number of halogens is 3. The first kappa shape index (κ1) is 23.3. The van der Waals surface area contributed by atoms with E-state index in [0.29, 0.717) is 34.3 Å². The molecule has 0 fully saturated rings. The average Bonchev–Trinajstić information content (AvgIpc) is 3.16. The lowest BCUT2D eigenvalue weighted by Gasteiger charge is -2.12. The number of nitrogens with one attached hydrogen (secondary N) is 1. The van der Waals surface area contributed by atoms with Crippen molar-refractivity contribution in [2.75, 3.05) is 6.54 Å². The van der Waals surface area contributed by atoms with Crippen LogP contribution in [0.15, 0.2) is 66.7 Å². The first-order chi connectivity index (χ1) is 16.0. The topological polar surface area (TPSA) is 46.9 Å². The first-order valence-corrected chi connectivity index (χ1v) is 11.7. The number of aromatic nitrogens is 2. The summed E-state index contributed by atoms with van der Waals surface area (Å²) in [5.74, 6) is 0.485.